The highest BCUT2D eigenvalue weighted by atomic mass is 79.9. The molecule has 0 bridgehead atoms. The van der Waals surface area contributed by atoms with Crippen molar-refractivity contribution in [1.82, 2.24) is 5.32 Å². The molecule has 0 aliphatic heterocycles. The maximum Gasteiger partial charge on any atom is 0.457 e. The molecule has 0 saturated carbocycles. The smallest absolute Gasteiger partial charge is 0.355 e. The van der Waals surface area contributed by atoms with Gasteiger partial charge in [-0.25, -0.2) is 8.78 Å². The van der Waals surface area contributed by atoms with Crippen LogP contribution in [0.3, 0.4) is 0 Å². The molecular weight excluding hydrogens is 710 g/mol. The summed E-state index contributed by atoms with van der Waals surface area (Å²) in [5.41, 5.74) is -9.61. The molecule has 0 saturated heterocycles. The zero-order valence-corrected chi connectivity index (χ0v) is 23.2. The van der Waals surface area contributed by atoms with Gasteiger partial charge in [0, 0.05) is 32.7 Å². The maximum atomic E-state index is 15.2. The molecule has 41 heavy (non-hydrogen) atoms. The van der Waals surface area contributed by atoms with Crippen molar-refractivity contribution in [3.63, 3.8) is 0 Å². The van der Waals surface area contributed by atoms with E-state index in [4.69, 9.17) is 0 Å². The van der Waals surface area contributed by atoms with E-state index in [2.05, 4.69) is 42.5 Å². The molecule has 2 N–H and O–H groups in total. The number of carbonyl (C=O) groups is 2. The van der Waals surface area contributed by atoms with Crippen molar-refractivity contribution in [3.05, 3.63) is 86.1 Å². The number of carbonyl (C=O) groups excluding carboxylic acids is 2. The predicted octanol–water partition coefficient (Wildman–Crippen LogP) is 8.55. The summed E-state index contributed by atoms with van der Waals surface area (Å²) in [5.74, 6) is -9.69. The zero-order valence-electron chi connectivity index (χ0n) is 20.0. The third kappa shape index (κ3) is 5.67. The summed E-state index contributed by atoms with van der Waals surface area (Å²) in [5, 5.41) is 4.46. The van der Waals surface area contributed by atoms with E-state index in [1.54, 1.807) is 0 Å². The van der Waals surface area contributed by atoms with Crippen LogP contribution in [-0.4, -0.2) is 37.1 Å². The first-order valence-corrected chi connectivity index (χ1v) is 12.5. The second kappa shape index (κ2) is 11.3. The van der Waals surface area contributed by atoms with E-state index in [1.165, 1.54) is 49.5 Å². The zero-order chi connectivity index (χ0) is 31.1. The second-order valence-electron chi connectivity index (χ2n) is 8.29. The largest absolute Gasteiger partial charge is 0.457 e. The third-order valence-corrected chi connectivity index (χ3v) is 7.04. The summed E-state index contributed by atoms with van der Waals surface area (Å²) in [7, 11) is 1.27. The van der Waals surface area contributed by atoms with Crippen LogP contribution in [-0.2, 0) is 5.67 Å². The molecule has 0 aliphatic rings. The number of anilines is 1. The molecule has 2 amide bonds. The number of rotatable bonds is 6. The molecule has 0 aliphatic carbocycles. The Morgan fingerprint density at radius 1 is 0.707 bits per heavy atom. The van der Waals surface area contributed by atoms with E-state index in [1.807, 2.05) is 0 Å². The maximum absolute atomic E-state index is 15.2. The van der Waals surface area contributed by atoms with Crippen LogP contribution in [0.2, 0.25) is 0 Å². The van der Waals surface area contributed by atoms with Gasteiger partial charge in [0.15, 0.2) is 0 Å². The average Bonchev–Trinajstić information content (AvgIpc) is 2.88. The predicted molar refractivity (Wildman–Crippen MR) is 135 cm³/mol. The van der Waals surface area contributed by atoms with Crippen LogP contribution in [0.5, 0.6) is 0 Å². The number of alkyl halides is 9. The van der Waals surface area contributed by atoms with Crippen LogP contribution in [0.4, 0.5) is 49.6 Å². The van der Waals surface area contributed by atoms with Gasteiger partial charge in [-0.15, -0.1) is 0 Å². The summed E-state index contributed by atoms with van der Waals surface area (Å²) in [6.45, 7) is 0. The fraction of sp³-hybridized carbons (Fsp3) is 0.200. The van der Waals surface area contributed by atoms with Gasteiger partial charge in [0.2, 0.25) is 0 Å². The summed E-state index contributed by atoms with van der Waals surface area (Å²) in [6, 6.07) is 9.14. The number of hydrogen-bond acceptors (Lipinski definition) is 2. The van der Waals surface area contributed by atoms with E-state index >= 15 is 4.39 Å². The van der Waals surface area contributed by atoms with Crippen LogP contribution < -0.4 is 10.6 Å². The van der Waals surface area contributed by atoms with Gasteiger partial charge in [-0.05, 0) is 61.7 Å². The Morgan fingerprint density at radius 3 is 1.73 bits per heavy atom. The molecule has 0 radical (unpaired) electrons. The van der Waals surface area contributed by atoms with Gasteiger partial charge in [-0.1, -0.05) is 30.3 Å². The highest BCUT2D eigenvalue weighted by Gasteiger charge is 2.81. The topological polar surface area (TPSA) is 58.2 Å². The van der Waals surface area contributed by atoms with Crippen LogP contribution >= 0.6 is 31.9 Å². The highest BCUT2D eigenvalue weighted by molar-refractivity contribution is 9.11. The standard InChI is InChI=1S/C25H14Br2F10N2O2/c1-38-20(40)15-8-4-7-13(18(15)28)12-5-2-3-6-14(12)21(41)39-19-16(26)9-11(10-17(19)27)22(29,24(32,33)34)23(30,31)25(35,36)37/h2-10H,1H3,(H,38,40)(H,39,41). The summed E-state index contributed by atoms with van der Waals surface area (Å²) < 4.78 is 135. The van der Waals surface area contributed by atoms with Gasteiger partial charge in [-0.3, -0.25) is 9.59 Å². The minimum Gasteiger partial charge on any atom is -0.355 e. The van der Waals surface area contributed by atoms with Crippen molar-refractivity contribution in [2.24, 2.45) is 0 Å². The van der Waals surface area contributed by atoms with Gasteiger partial charge in [0.05, 0.1) is 11.3 Å². The van der Waals surface area contributed by atoms with Crippen LogP contribution in [0.25, 0.3) is 11.1 Å². The van der Waals surface area contributed by atoms with Crippen molar-refractivity contribution in [2.75, 3.05) is 12.4 Å². The molecule has 4 nitrogen and oxygen atoms in total. The summed E-state index contributed by atoms with van der Waals surface area (Å²) >= 11 is 5.35. The lowest BCUT2D eigenvalue weighted by atomic mass is 9.87. The Balaban J connectivity index is 2.09. The lowest BCUT2D eigenvalue weighted by Crippen LogP contribution is -2.59. The first-order chi connectivity index (χ1) is 18.8. The lowest BCUT2D eigenvalue weighted by molar-refractivity contribution is -0.389. The molecule has 16 heteroatoms. The quantitative estimate of drug-likeness (QED) is 0.251. The van der Waals surface area contributed by atoms with Crippen molar-refractivity contribution >= 4 is 49.4 Å². The van der Waals surface area contributed by atoms with Gasteiger partial charge < -0.3 is 10.6 Å². The van der Waals surface area contributed by atoms with Crippen LogP contribution in [0, 0.1) is 5.82 Å². The highest BCUT2D eigenvalue weighted by Crippen LogP contribution is 2.59. The van der Waals surface area contributed by atoms with Crippen LogP contribution in [0.15, 0.2) is 63.5 Å². The van der Waals surface area contributed by atoms with E-state index < -0.39 is 61.8 Å². The lowest BCUT2D eigenvalue weighted by Gasteiger charge is -2.36. The Hall–Kier alpha value is -3.14. The number of benzene rings is 3. The number of halogens is 12. The molecule has 220 valence electrons. The average molecular weight is 724 g/mol. The van der Waals surface area contributed by atoms with E-state index in [-0.39, 0.29) is 34.4 Å². The SMILES string of the molecule is CNC(=O)c1cccc(-c2ccccc2C(=O)Nc2c(Br)cc(C(F)(C(F)(F)F)C(F)(F)C(F)(F)F)cc2Br)c1F. The Labute approximate surface area is 241 Å². The first kappa shape index (κ1) is 32.4. The first-order valence-electron chi connectivity index (χ1n) is 10.9. The Kier molecular flexibility index (Phi) is 8.90. The number of amides is 2. The number of nitrogens with one attached hydrogen (secondary N) is 2. The molecule has 0 fully saturated rings. The normalized spacial score (nSPS) is 13.9. The van der Waals surface area contributed by atoms with Gasteiger partial charge in [-0.2, -0.15) is 35.1 Å². The Bertz CT molecular complexity index is 1490. The molecule has 0 aromatic heterocycles. The van der Waals surface area contributed by atoms with Crippen molar-refractivity contribution in [1.29, 1.82) is 0 Å². The minimum absolute atomic E-state index is 0.0198. The molecule has 1 unspecified atom stereocenters. The van der Waals surface area contributed by atoms with Gasteiger partial charge in [0.1, 0.15) is 5.82 Å². The van der Waals surface area contributed by atoms with E-state index in [9.17, 15) is 49.1 Å². The molecule has 0 spiro atoms. The molecule has 3 aromatic rings. The molecule has 3 aromatic carbocycles. The monoisotopic (exact) mass is 722 g/mol. The van der Waals surface area contributed by atoms with Crippen molar-refractivity contribution in [2.45, 2.75) is 23.9 Å². The Morgan fingerprint density at radius 2 is 1.22 bits per heavy atom. The summed E-state index contributed by atoms with van der Waals surface area (Å²) in [6.07, 6.45) is -13.6. The van der Waals surface area contributed by atoms with E-state index in [0.29, 0.717) is 0 Å². The van der Waals surface area contributed by atoms with Gasteiger partial charge in [0.25, 0.3) is 11.8 Å². The van der Waals surface area contributed by atoms with Crippen molar-refractivity contribution in [3.8, 4) is 11.1 Å². The fourth-order valence-electron chi connectivity index (χ4n) is 3.76. The second-order valence-corrected chi connectivity index (χ2v) is 10.00. The van der Waals surface area contributed by atoms with Crippen LogP contribution in [0.1, 0.15) is 26.3 Å². The van der Waals surface area contributed by atoms with Gasteiger partial charge >= 0.3 is 23.9 Å². The number of hydrogen-bond donors (Lipinski definition) is 2. The molecule has 3 rings (SSSR count). The fourth-order valence-corrected chi connectivity index (χ4v) is 5.14. The van der Waals surface area contributed by atoms with E-state index in [0.717, 1.165) is 0 Å². The minimum atomic E-state index is -6.92. The molecular formula is C25H14Br2F10N2O2. The molecule has 1 atom stereocenters. The van der Waals surface area contributed by atoms with Crippen molar-refractivity contribution < 1.29 is 53.5 Å². The molecule has 0 heterocycles. The third-order valence-electron chi connectivity index (χ3n) is 5.79. The summed E-state index contributed by atoms with van der Waals surface area (Å²) in [4.78, 5) is 25.1.